The lowest BCUT2D eigenvalue weighted by Gasteiger charge is -2.07. The Labute approximate surface area is 117 Å². The molecule has 20 heavy (non-hydrogen) atoms. The molecular weight excluding hydrogens is 252 g/mol. The van der Waals surface area contributed by atoms with Crippen LogP contribution in [-0.4, -0.2) is 15.9 Å². The molecule has 1 aromatic carbocycles. The number of hydrogen-bond acceptors (Lipinski definition) is 4. The Balaban J connectivity index is 2.13. The molecule has 0 aliphatic carbocycles. The predicted molar refractivity (Wildman–Crippen MR) is 75.2 cm³/mol. The van der Waals surface area contributed by atoms with Gasteiger partial charge < -0.3 is 5.32 Å². The number of hydrogen-bond donors (Lipinski definition) is 1. The van der Waals surface area contributed by atoms with Gasteiger partial charge in [-0.2, -0.15) is 5.26 Å². The van der Waals surface area contributed by atoms with Gasteiger partial charge in [0.15, 0.2) is 0 Å². The molecule has 1 N–H and O–H groups in total. The van der Waals surface area contributed by atoms with Crippen LogP contribution in [0.25, 0.3) is 0 Å². The summed E-state index contributed by atoms with van der Waals surface area (Å²) in [5.74, 6) is 0.399. The maximum absolute atomic E-state index is 12.1. The molecule has 0 aliphatic heterocycles. The van der Waals surface area contributed by atoms with Gasteiger partial charge in [-0.25, -0.2) is 9.97 Å². The first kappa shape index (κ1) is 13.7. The molecule has 0 aliphatic rings. The summed E-state index contributed by atoms with van der Waals surface area (Å²) in [6.45, 7) is 3.56. The summed E-state index contributed by atoms with van der Waals surface area (Å²) < 4.78 is 0. The Morgan fingerprint density at radius 1 is 1.30 bits per heavy atom. The van der Waals surface area contributed by atoms with Crippen molar-refractivity contribution < 1.29 is 4.79 Å². The van der Waals surface area contributed by atoms with Gasteiger partial charge in [0.25, 0.3) is 5.91 Å². The number of amides is 1. The molecule has 0 atom stereocenters. The van der Waals surface area contributed by atoms with Gasteiger partial charge in [0.1, 0.15) is 5.82 Å². The molecule has 0 fully saturated rings. The molecule has 1 amide bonds. The third-order valence-corrected chi connectivity index (χ3v) is 2.84. The average molecular weight is 266 g/mol. The zero-order valence-corrected chi connectivity index (χ0v) is 11.3. The SMILES string of the molecule is Cc1ncc(C(=O)Nc2ccc(CC#N)cc2)c(C)n1. The molecule has 5 heteroatoms. The highest BCUT2D eigenvalue weighted by Crippen LogP contribution is 2.12. The third kappa shape index (κ3) is 3.18. The fourth-order valence-corrected chi connectivity index (χ4v) is 1.80. The normalized spacial score (nSPS) is 9.85. The Kier molecular flexibility index (Phi) is 4.06. The van der Waals surface area contributed by atoms with Crippen LogP contribution in [0.3, 0.4) is 0 Å². The number of carbonyl (C=O) groups is 1. The monoisotopic (exact) mass is 266 g/mol. The van der Waals surface area contributed by atoms with Crippen molar-refractivity contribution >= 4 is 11.6 Å². The molecule has 2 aromatic rings. The smallest absolute Gasteiger partial charge is 0.259 e. The first-order valence-corrected chi connectivity index (χ1v) is 6.17. The lowest BCUT2D eigenvalue weighted by Crippen LogP contribution is -2.15. The van der Waals surface area contributed by atoms with Crippen molar-refractivity contribution in [3.63, 3.8) is 0 Å². The van der Waals surface area contributed by atoms with E-state index in [9.17, 15) is 4.79 Å². The van der Waals surface area contributed by atoms with Crippen molar-refractivity contribution in [1.29, 1.82) is 5.26 Å². The maximum atomic E-state index is 12.1. The first-order chi connectivity index (χ1) is 9.60. The fraction of sp³-hybridized carbons (Fsp3) is 0.200. The van der Waals surface area contributed by atoms with Crippen LogP contribution in [0.15, 0.2) is 30.5 Å². The minimum atomic E-state index is -0.240. The third-order valence-electron chi connectivity index (χ3n) is 2.84. The van der Waals surface area contributed by atoms with E-state index in [0.29, 0.717) is 29.2 Å². The highest BCUT2D eigenvalue weighted by molar-refractivity contribution is 6.04. The zero-order chi connectivity index (χ0) is 14.5. The van der Waals surface area contributed by atoms with Gasteiger partial charge in [-0.05, 0) is 31.5 Å². The van der Waals surface area contributed by atoms with Gasteiger partial charge in [-0.1, -0.05) is 12.1 Å². The number of nitrogens with one attached hydrogen (secondary N) is 1. The summed E-state index contributed by atoms with van der Waals surface area (Å²) in [7, 11) is 0. The Morgan fingerprint density at radius 2 is 2.00 bits per heavy atom. The van der Waals surface area contributed by atoms with Crippen LogP contribution in [0.2, 0.25) is 0 Å². The van der Waals surface area contributed by atoms with Crippen molar-refractivity contribution in [3.05, 3.63) is 53.1 Å². The van der Waals surface area contributed by atoms with Crippen molar-refractivity contribution in [2.24, 2.45) is 0 Å². The lowest BCUT2D eigenvalue weighted by molar-refractivity contribution is 0.102. The van der Waals surface area contributed by atoms with Gasteiger partial charge in [0, 0.05) is 11.9 Å². The number of rotatable bonds is 3. The Hall–Kier alpha value is -2.74. The second-order valence-electron chi connectivity index (χ2n) is 4.40. The molecule has 0 bridgehead atoms. The largest absolute Gasteiger partial charge is 0.322 e. The molecule has 1 heterocycles. The van der Waals surface area contributed by atoms with Crippen LogP contribution < -0.4 is 5.32 Å². The minimum absolute atomic E-state index is 0.240. The van der Waals surface area contributed by atoms with E-state index in [1.54, 1.807) is 26.0 Å². The minimum Gasteiger partial charge on any atom is -0.322 e. The van der Waals surface area contributed by atoms with E-state index in [1.807, 2.05) is 12.1 Å². The summed E-state index contributed by atoms with van der Waals surface area (Å²) in [6.07, 6.45) is 1.89. The van der Waals surface area contributed by atoms with Crippen molar-refractivity contribution in [2.75, 3.05) is 5.32 Å². The lowest BCUT2D eigenvalue weighted by atomic mass is 10.1. The first-order valence-electron chi connectivity index (χ1n) is 6.17. The molecule has 100 valence electrons. The van der Waals surface area contributed by atoms with Crippen molar-refractivity contribution in [1.82, 2.24) is 9.97 Å². The maximum Gasteiger partial charge on any atom is 0.259 e. The van der Waals surface area contributed by atoms with E-state index in [4.69, 9.17) is 5.26 Å². The summed E-state index contributed by atoms with van der Waals surface area (Å²) in [4.78, 5) is 20.3. The molecule has 0 saturated carbocycles. The van der Waals surface area contributed by atoms with Gasteiger partial charge in [0.2, 0.25) is 0 Å². The van der Waals surface area contributed by atoms with Crippen molar-refractivity contribution in [3.8, 4) is 6.07 Å². The van der Waals surface area contributed by atoms with Crippen LogP contribution >= 0.6 is 0 Å². The van der Waals surface area contributed by atoms with E-state index >= 15 is 0 Å². The number of aryl methyl sites for hydroxylation is 2. The number of benzene rings is 1. The topological polar surface area (TPSA) is 78.7 Å². The molecule has 1 aromatic heterocycles. The van der Waals surface area contributed by atoms with E-state index in [2.05, 4.69) is 21.4 Å². The number of nitrogens with zero attached hydrogens (tertiary/aromatic N) is 3. The van der Waals surface area contributed by atoms with Crippen molar-refractivity contribution in [2.45, 2.75) is 20.3 Å². The Bertz CT molecular complexity index is 671. The number of nitriles is 1. The quantitative estimate of drug-likeness (QED) is 0.925. The average Bonchev–Trinajstić information content (AvgIpc) is 2.41. The van der Waals surface area contributed by atoms with Crippen LogP contribution in [-0.2, 0) is 6.42 Å². The van der Waals surface area contributed by atoms with E-state index in [-0.39, 0.29) is 5.91 Å². The number of carbonyl (C=O) groups excluding carboxylic acids is 1. The molecule has 0 spiro atoms. The number of anilines is 1. The van der Waals surface area contributed by atoms with Crippen LogP contribution in [0.1, 0.15) is 27.4 Å². The fourth-order valence-electron chi connectivity index (χ4n) is 1.80. The molecule has 0 saturated heterocycles. The summed E-state index contributed by atoms with van der Waals surface area (Å²) >= 11 is 0. The van der Waals surface area contributed by atoms with E-state index in [0.717, 1.165) is 5.56 Å². The van der Waals surface area contributed by atoms with Gasteiger partial charge in [-0.3, -0.25) is 4.79 Å². The molecule has 5 nitrogen and oxygen atoms in total. The van der Waals surface area contributed by atoms with E-state index in [1.165, 1.54) is 6.20 Å². The second kappa shape index (κ2) is 5.93. The summed E-state index contributed by atoms with van der Waals surface area (Å²) in [6, 6.07) is 9.26. The van der Waals surface area contributed by atoms with Gasteiger partial charge >= 0.3 is 0 Å². The molecule has 0 radical (unpaired) electrons. The summed E-state index contributed by atoms with van der Waals surface area (Å²) in [5, 5.41) is 11.4. The van der Waals surface area contributed by atoms with Crippen LogP contribution in [0, 0.1) is 25.2 Å². The summed E-state index contributed by atoms with van der Waals surface area (Å²) in [5.41, 5.74) is 2.70. The number of aromatic nitrogens is 2. The van der Waals surface area contributed by atoms with Gasteiger partial charge in [0.05, 0.1) is 23.7 Å². The highest BCUT2D eigenvalue weighted by Gasteiger charge is 2.11. The molecule has 2 rings (SSSR count). The van der Waals surface area contributed by atoms with Crippen LogP contribution in [0.5, 0.6) is 0 Å². The molecule has 0 unspecified atom stereocenters. The Morgan fingerprint density at radius 3 is 2.60 bits per heavy atom. The highest BCUT2D eigenvalue weighted by atomic mass is 16.1. The second-order valence-corrected chi connectivity index (χ2v) is 4.40. The predicted octanol–water partition coefficient (Wildman–Crippen LogP) is 2.41. The zero-order valence-electron chi connectivity index (χ0n) is 11.3. The van der Waals surface area contributed by atoms with Gasteiger partial charge in [-0.15, -0.1) is 0 Å². The molecular formula is C15H14N4O. The standard InChI is InChI=1S/C15H14N4O/c1-10-14(9-17-11(2)18-10)15(20)19-13-5-3-12(4-6-13)7-8-16/h3-6,9H,7H2,1-2H3,(H,19,20). The van der Waals surface area contributed by atoms with Crippen LogP contribution in [0.4, 0.5) is 5.69 Å². The van der Waals surface area contributed by atoms with E-state index < -0.39 is 0 Å².